The molecule has 4 bridgehead atoms. The molecule has 0 unspecified atom stereocenters. The van der Waals surface area contributed by atoms with Gasteiger partial charge in [0, 0.05) is 17.1 Å². The molecule has 4 saturated carbocycles. The van der Waals surface area contributed by atoms with E-state index in [0.29, 0.717) is 5.69 Å². The molecule has 0 radical (unpaired) electrons. The van der Waals surface area contributed by atoms with Gasteiger partial charge in [-0.3, -0.25) is 13.9 Å². The molecule has 0 spiro atoms. The van der Waals surface area contributed by atoms with Crippen molar-refractivity contribution in [1.29, 1.82) is 0 Å². The zero-order valence-corrected chi connectivity index (χ0v) is 27.6. The molecule has 4 fully saturated rings. The number of nitrogens with one attached hydrogen (secondary N) is 1. The van der Waals surface area contributed by atoms with Crippen LogP contribution in [0.25, 0.3) is 0 Å². The maximum Gasteiger partial charge on any atom is 0.244 e. The van der Waals surface area contributed by atoms with Gasteiger partial charge >= 0.3 is 0 Å². The lowest BCUT2D eigenvalue weighted by Gasteiger charge is -2.57. The summed E-state index contributed by atoms with van der Waals surface area (Å²) in [5, 5.41) is 2.96. The standard InChI is InChI=1S/C33H44BrN3O4S/c1-5-22(2)35-32(39)23(3)36(20-24-6-10-29(34)11-7-24)31(38)21-37(42(4,40)41)30-12-8-28(9-13-30)33-17-25-14-26(18-33)16-27(15-25)19-33/h6-13,22-23,25-27H,5,14-21H2,1-4H3,(H,35,39)/t22-,23+,25?,26?,27?,33?/m1/s1. The van der Waals surface area contributed by atoms with E-state index >= 15 is 0 Å². The largest absolute Gasteiger partial charge is 0.352 e. The highest BCUT2D eigenvalue weighted by Gasteiger charge is 2.51. The van der Waals surface area contributed by atoms with E-state index in [1.807, 2.05) is 50.2 Å². The van der Waals surface area contributed by atoms with Crippen molar-refractivity contribution in [3.05, 3.63) is 64.1 Å². The predicted octanol–water partition coefficient (Wildman–Crippen LogP) is 6.01. The number of amides is 2. The smallest absolute Gasteiger partial charge is 0.244 e. The molecule has 2 aromatic rings. The van der Waals surface area contributed by atoms with Crippen LogP contribution in [0.15, 0.2) is 53.0 Å². The minimum Gasteiger partial charge on any atom is -0.352 e. The molecule has 2 atom stereocenters. The molecule has 1 N–H and O–H groups in total. The normalized spacial score (nSPS) is 26.0. The summed E-state index contributed by atoms with van der Waals surface area (Å²) >= 11 is 3.44. The Morgan fingerprint density at radius 1 is 0.952 bits per heavy atom. The molecule has 9 heteroatoms. The maximum atomic E-state index is 13.9. The molecule has 0 saturated heterocycles. The van der Waals surface area contributed by atoms with Crippen molar-refractivity contribution < 1.29 is 18.0 Å². The van der Waals surface area contributed by atoms with Gasteiger partial charge < -0.3 is 10.2 Å². The average molecular weight is 659 g/mol. The summed E-state index contributed by atoms with van der Waals surface area (Å²) in [4.78, 5) is 28.5. The fourth-order valence-corrected chi connectivity index (χ4v) is 9.01. The second-order valence-electron chi connectivity index (χ2n) is 13.2. The van der Waals surface area contributed by atoms with Crippen LogP contribution in [-0.2, 0) is 31.6 Å². The molecular formula is C33H44BrN3O4S. The predicted molar refractivity (Wildman–Crippen MR) is 171 cm³/mol. The minimum absolute atomic E-state index is 0.0374. The number of carbonyl (C=O) groups excluding carboxylic acids is 2. The molecule has 4 aliphatic carbocycles. The van der Waals surface area contributed by atoms with Gasteiger partial charge in [-0.1, -0.05) is 47.1 Å². The molecule has 7 nitrogen and oxygen atoms in total. The number of hydrogen-bond donors (Lipinski definition) is 1. The summed E-state index contributed by atoms with van der Waals surface area (Å²) in [7, 11) is -3.77. The number of sulfonamides is 1. The number of carbonyl (C=O) groups is 2. The van der Waals surface area contributed by atoms with Crippen molar-refractivity contribution in [2.45, 2.75) is 89.8 Å². The van der Waals surface area contributed by atoms with E-state index in [4.69, 9.17) is 0 Å². The van der Waals surface area contributed by atoms with Crippen LogP contribution in [-0.4, -0.2) is 50.0 Å². The summed E-state index contributed by atoms with van der Waals surface area (Å²) in [6, 6.07) is 14.6. The van der Waals surface area contributed by atoms with Crippen LogP contribution in [0.4, 0.5) is 5.69 Å². The molecule has 4 aliphatic rings. The van der Waals surface area contributed by atoms with Crippen LogP contribution in [0, 0.1) is 17.8 Å². The Bertz CT molecular complexity index is 1360. The number of hydrogen-bond acceptors (Lipinski definition) is 4. The fourth-order valence-electron chi connectivity index (χ4n) is 7.89. The molecule has 0 aliphatic heterocycles. The van der Waals surface area contributed by atoms with Gasteiger partial charge in [0.2, 0.25) is 21.8 Å². The maximum absolute atomic E-state index is 13.9. The van der Waals surface area contributed by atoms with Gasteiger partial charge in [-0.25, -0.2) is 8.42 Å². The van der Waals surface area contributed by atoms with Gasteiger partial charge in [0.1, 0.15) is 12.6 Å². The first-order valence-electron chi connectivity index (χ1n) is 15.3. The van der Waals surface area contributed by atoms with Crippen LogP contribution in [0.3, 0.4) is 0 Å². The Kier molecular flexibility index (Phi) is 9.10. The zero-order valence-electron chi connectivity index (χ0n) is 25.2. The molecule has 2 amide bonds. The topological polar surface area (TPSA) is 86.8 Å². The first-order valence-corrected chi connectivity index (χ1v) is 17.9. The zero-order chi connectivity index (χ0) is 30.2. The SMILES string of the molecule is CC[C@@H](C)NC(=O)[C@H](C)N(Cc1ccc(Br)cc1)C(=O)CN(c1ccc(C23CC4CC(CC(C4)C2)C3)cc1)S(C)(=O)=O. The Morgan fingerprint density at radius 3 is 2.00 bits per heavy atom. The van der Waals surface area contributed by atoms with Crippen molar-refractivity contribution in [1.82, 2.24) is 10.2 Å². The Labute approximate surface area is 259 Å². The molecule has 228 valence electrons. The van der Waals surface area contributed by atoms with E-state index in [9.17, 15) is 18.0 Å². The van der Waals surface area contributed by atoms with Gasteiger partial charge in [0.15, 0.2) is 0 Å². The van der Waals surface area contributed by atoms with Crippen LogP contribution in [0.1, 0.15) is 76.8 Å². The van der Waals surface area contributed by atoms with Crippen LogP contribution >= 0.6 is 15.9 Å². The van der Waals surface area contributed by atoms with Crippen molar-refractivity contribution in [2.24, 2.45) is 17.8 Å². The third kappa shape index (κ3) is 6.72. The van der Waals surface area contributed by atoms with Crippen LogP contribution in [0.5, 0.6) is 0 Å². The van der Waals surface area contributed by atoms with Gasteiger partial charge in [-0.2, -0.15) is 0 Å². The molecule has 2 aromatic carbocycles. The lowest BCUT2D eigenvalue weighted by Crippen LogP contribution is -2.52. The number of nitrogens with zero attached hydrogens (tertiary/aromatic N) is 2. The van der Waals surface area contributed by atoms with E-state index < -0.39 is 22.0 Å². The lowest BCUT2D eigenvalue weighted by atomic mass is 9.48. The lowest BCUT2D eigenvalue weighted by molar-refractivity contribution is -0.139. The highest BCUT2D eigenvalue weighted by atomic mass is 79.9. The van der Waals surface area contributed by atoms with Crippen molar-refractivity contribution in [3.8, 4) is 0 Å². The average Bonchev–Trinajstić information content (AvgIpc) is 2.93. The molecule has 0 heterocycles. The van der Waals surface area contributed by atoms with Gasteiger partial charge in [-0.05, 0) is 117 Å². The Balaban J connectivity index is 1.38. The summed E-state index contributed by atoms with van der Waals surface area (Å²) in [6.07, 6.45) is 9.69. The van der Waals surface area contributed by atoms with Crippen molar-refractivity contribution in [3.63, 3.8) is 0 Å². The molecule has 0 aromatic heterocycles. The summed E-state index contributed by atoms with van der Waals surface area (Å²) in [5.74, 6) is 1.76. The van der Waals surface area contributed by atoms with Gasteiger partial charge in [-0.15, -0.1) is 0 Å². The third-order valence-electron chi connectivity index (χ3n) is 9.92. The van der Waals surface area contributed by atoms with E-state index in [0.717, 1.165) is 40.5 Å². The first-order chi connectivity index (χ1) is 19.9. The minimum atomic E-state index is -3.77. The second kappa shape index (κ2) is 12.3. The number of benzene rings is 2. The molecule has 6 rings (SSSR count). The van der Waals surface area contributed by atoms with E-state index in [2.05, 4.69) is 33.4 Å². The fraction of sp³-hybridized carbons (Fsp3) is 0.576. The van der Waals surface area contributed by atoms with Crippen LogP contribution in [0.2, 0.25) is 0 Å². The van der Waals surface area contributed by atoms with Crippen LogP contribution < -0.4 is 9.62 Å². The van der Waals surface area contributed by atoms with E-state index in [-0.39, 0.29) is 30.5 Å². The first kappa shape index (κ1) is 31.0. The quantitative estimate of drug-likeness (QED) is 0.320. The molecule has 42 heavy (non-hydrogen) atoms. The summed E-state index contributed by atoms with van der Waals surface area (Å²) in [5.41, 5.74) is 2.83. The number of halogens is 1. The van der Waals surface area contributed by atoms with E-state index in [1.165, 1.54) is 53.3 Å². The monoisotopic (exact) mass is 657 g/mol. The molecular weight excluding hydrogens is 614 g/mol. The number of anilines is 1. The Hall–Kier alpha value is -2.39. The van der Waals surface area contributed by atoms with Gasteiger partial charge in [0.25, 0.3) is 0 Å². The summed E-state index contributed by atoms with van der Waals surface area (Å²) in [6.45, 7) is 5.40. The third-order valence-corrected chi connectivity index (χ3v) is 11.6. The summed E-state index contributed by atoms with van der Waals surface area (Å²) < 4.78 is 28.2. The van der Waals surface area contributed by atoms with E-state index in [1.54, 1.807) is 6.92 Å². The van der Waals surface area contributed by atoms with Gasteiger partial charge in [0.05, 0.1) is 11.9 Å². The second-order valence-corrected chi connectivity index (χ2v) is 16.0. The van der Waals surface area contributed by atoms with Crippen molar-refractivity contribution in [2.75, 3.05) is 17.1 Å². The highest BCUT2D eigenvalue weighted by Crippen LogP contribution is 2.60. The van der Waals surface area contributed by atoms with Crippen molar-refractivity contribution >= 4 is 43.5 Å². The highest BCUT2D eigenvalue weighted by molar-refractivity contribution is 9.10. The number of rotatable bonds is 11. The Morgan fingerprint density at radius 2 is 1.50 bits per heavy atom.